The van der Waals surface area contributed by atoms with Crippen LogP contribution >= 0.6 is 11.8 Å². The number of amides is 1. The Kier molecular flexibility index (Phi) is 6.87. The molecule has 0 saturated heterocycles. The van der Waals surface area contributed by atoms with Crippen molar-refractivity contribution in [3.05, 3.63) is 65.2 Å². The van der Waals surface area contributed by atoms with Gasteiger partial charge in [0.2, 0.25) is 5.91 Å². The number of nitrogens with zero attached hydrogens (tertiary/aromatic N) is 3. The zero-order valence-corrected chi connectivity index (χ0v) is 17.5. The average Bonchev–Trinajstić information content (AvgIpc) is 3.10. The number of carbonyl (C=O) groups is 1. The van der Waals surface area contributed by atoms with E-state index >= 15 is 0 Å². The number of hydrogen-bond acceptors (Lipinski definition) is 5. The standard InChI is InChI=1S/C21H24FN5OS/c1-4-27-19(12-23-17-8-6-16(22)7-9-17)25-26-21(27)29-13-20(28)24-18-10-5-14(2)11-15(18)3/h5-11,23H,4,12-13H2,1-3H3,(H,24,28). The van der Waals surface area contributed by atoms with E-state index < -0.39 is 0 Å². The van der Waals surface area contributed by atoms with Crippen LogP contribution in [-0.2, 0) is 17.9 Å². The van der Waals surface area contributed by atoms with Crippen molar-refractivity contribution in [3.8, 4) is 0 Å². The summed E-state index contributed by atoms with van der Waals surface area (Å²) < 4.78 is 15.0. The van der Waals surface area contributed by atoms with Crippen LogP contribution in [0.3, 0.4) is 0 Å². The molecule has 0 fully saturated rings. The van der Waals surface area contributed by atoms with Crippen molar-refractivity contribution in [1.82, 2.24) is 14.8 Å². The van der Waals surface area contributed by atoms with Crippen molar-refractivity contribution in [2.75, 3.05) is 16.4 Å². The van der Waals surface area contributed by atoms with Crippen molar-refractivity contribution >= 4 is 29.0 Å². The van der Waals surface area contributed by atoms with E-state index in [4.69, 9.17) is 0 Å². The van der Waals surface area contributed by atoms with Gasteiger partial charge in [-0.25, -0.2) is 4.39 Å². The summed E-state index contributed by atoms with van der Waals surface area (Å²) in [6, 6.07) is 12.1. The number of hydrogen-bond donors (Lipinski definition) is 2. The monoisotopic (exact) mass is 413 g/mol. The highest BCUT2D eigenvalue weighted by molar-refractivity contribution is 7.99. The van der Waals surface area contributed by atoms with Crippen LogP contribution in [-0.4, -0.2) is 26.4 Å². The minimum Gasteiger partial charge on any atom is -0.378 e. The average molecular weight is 414 g/mol. The highest BCUT2D eigenvalue weighted by atomic mass is 32.2. The summed E-state index contributed by atoms with van der Waals surface area (Å²) in [5.41, 5.74) is 3.82. The van der Waals surface area contributed by atoms with Crippen LogP contribution in [0.25, 0.3) is 0 Å². The molecule has 0 aliphatic rings. The molecule has 29 heavy (non-hydrogen) atoms. The third-order valence-corrected chi connectivity index (χ3v) is 5.36. The largest absolute Gasteiger partial charge is 0.378 e. The molecule has 0 aliphatic heterocycles. The fourth-order valence-electron chi connectivity index (χ4n) is 2.89. The molecule has 0 aliphatic carbocycles. The van der Waals surface area contributed by atoms with E-state index in [0.29, 0.717) is 18.2 Å². The summed E-state index contributed by atoms with van der Waals surface area (Å²) in [7, 11) is 0. The SMILES string of the molecule is CCn1c(CNc2ccc(F)cc2)nnc1SCC(=O)Nc1ccc(C)cc1C. The molecule has 3 aromatic rings. The Labute approximate surface area is 173 Å². The van der Waals surface area contributed by atoms with Crippen molar-refractivity contribution in [1.29, 1.82) is 0 Å². The molecule has 2 aromatic carbocycles. The zero-order valence-electron chi connectivity index (χ0n) is 16.7. The van der Waals surface area contributed by atoms with Gasteiger partial charge in [0.1, 0.15) is 5.82 Å². The Bertz CT molecular complexity index is 987. The third-order valence-electron chi connectivity index (χ3n) is 4.39. The van der Waals surface area contributed by atoms with Crippen molar-refractivity contribution in [2.45, 2.75) is 39.0 Å². The van der Waals surface area contributed by atoms with Crippen molar-refractivity contribution in [3.63, 3.8) is 0 Å². The number of aromatic nitrogens is 3. The number of rotatable bonds is 8. The molecule has 2 N–H and O–H groups in total. The molecule has 1 heterocycles. The molecule has 152 valence electrons. The van der Waals surface area contributed by atoms with Crippen LogP contribution < -0.4 is 10.6 Å². The number of carbonyl (C=O) groups excluding carboxylic acids is 1. The first-order chi connectivity index (χ1) is 14.0. The van der Waals surface area contributed by atoms with E-state index in [1.54, 1.807) is 12.1 Å². The lowest BCUT2D eigenvalue weighted by Gasteiger charge is -2.10. The smallest absolute Gasteiger partial charge is 0.234 e. The zero-order chi connectivity index (χ0) is 20.8. The quantitative estimate of drug-likeness (QED) is 0.536. The van der Waals surface area contributed by atoms with Gasteiger partial charge in [-0.05, 0) is 56.7 Å². The Morgan fingerprint density at radius 3 is 2.59 bits per heavy atom. The number of anilines is 2. The van der Waals surface area contributed by atoms with Gasteiger partial charge in [0.15, 0.2) is 11.0 Å². The molecular formula is C21H24FN5OS. The van der Waals surface area contributed by atoms with Gasteiger partial charge in [0, 0.05) is 17.9 Å². The summed E-state index contributed by atoms with van der Waals surface area (Å²) >= 11 is 1.35. The minimum absolute atomic E-state index is 0.0846. The maximum atomic E-state index is 13.0. The second-order valence-corrected chi connectivity index (χ2v) is 7.60. The molecule has 3 rings (SSSR count). The van der Waals surface area contributed by atoms with E-state index in [1.165, 1.54) is 23.9 Å². The number of thioether (sulfide) groups is 1. The van der Waals surface area contributed by atoms with E-state index in [2.05, 4.69) is 20.8 Å². The number of benzene rings is 2. The lowest BCUT2D eigenvalue weighted by atomic mass is 10.1. The summed E-state index contributed by atoms with van der Waals surface area (Å²) in [6.45, 7) is 7.15. The fraction of sp³-hybridized carbons (Fsp3) is 0.286. The number of aryl methyl sites for hydroxylation is 2. The molecule has 0 atom stereocenters. The molecule has 1 aromatic heterocycles. The van der Waals surface area contributed by atoms with Gasteiger partial charge in [-0.2, -0.15) is 0 Å². The van der Waals surface area contributed by atoms with Gasteiger partial charge < -0.3 is 15.2 Å². The van der Waals surface area contributed by atoms with Crippen LogP contribution in [0, 0.1) is 19.7 Å². The van der Waals surface area contributed by atoms with Crippen LogP contribution in [0.2, 0.25) is 0 Å². The van der Waals surface area contributed by atoms with Crippen molar-refractivity contribution < 1.29 is 9.18 Å². The van der Waals surface area contributed by atoms with E-state index in [-0.39, 0.29) is 17.5 Å². The molecule has 0 spiro atoms. The van der Waals surface area contributed by atoms with Gasteiger partial charge in [0.05, 0.1) is 12.3 Å². The first-order valence-corrected chi connectivity index (χ1v) is 10.4. The lowest BCUT2D eigenvalue weighted by molar-refractivity contribution is -0.113. The Morgan fingerprint density at radius 1 is 1.14 bits per heavy atom. The molecule has 6 nitrogen and oxygen atoms in total. The first-order valence-electron chi connectivity index (χ1n) is 9.37. The maximum Gasteiger partial charge on any atom is 0.234 e. The van der Waals surface area contributed by atoms with Gasteiger partial charge in [-0.15, -0.1) is 10.2 Å². The Hall–Kier alpha value is -2.87. The van der Waals surface area contributed by atoms with E-state index in [1.807, 2.05) is 43.5 Å². The van der Waals surface area contributed by atoms with Crippen LogP contribution in [0.5, 0.6) is 0 Å². The van der Waals surface area contributed by atoms with Gasteiger partial charge >= 0.3 is 0 Å². The summed E-state index contributed by atoms with van der Waals surface area (Å²) in [6.07, 6.45) is 0. The second kappa shape index (κ2) is 9.56. The van der Waals surface area contributed by atoms with E-state index in [0.717, 1.165) is 28.3 Å². The highest BCUT2D eigenvalue weighted by Crippen LogP contribution is 2.20. The maximum absolute atomic E-state index is 13.0. The molecule has 8 heteroatoms. The third kappa shape index (κ3) is 5.57. The fourth-order valence-corrected chi connectivity index (χ4v) is 3.71. The molecule has 0 unspecified atom stereocenters. The predicted molar refractivity (Wildman–Crippen MR) is 115 cm³/mol. The molecule has 1 amide bonds. The molecular weight excluding hydrogens is 389 g/mol. The first kappa shape index (κ1) is 20.9. The topological polar surface area (TPSA) is 71.8 Å². The second-order valence-electron chi connectivity index (χ2n) is 6.66. The minimum atomic E-state index is -0.273. The molecule has 0 bridgehead atoms. The summed E-state index contributed by atoms with van der Waals surface area (Å²) in [5, 5.41) is 15.3. The normalized spacial score (nSPS) is 10.8. The Morgan fingerprint density at radius 2 is 1.90 bits per heavy atom. The Balaban J connectivity index is 1.58. The predicted octanol–water partition coefficient (Wildman–Crippen LogP) is 4.40. The summed E-state index contributed by atoms with van der Waals surface area (Å²) in [4.78, 5) is 12.3. The number of nitrogens with one attached hydrogen (secondary N) is 2. The van der Waals surface area contributed by atoms with Crippen LogP contribution in [0.15, 0.2) is 47.6 Å². The van der Waals surface area contributed by atoms with Crippen LogP contribution in [0.4, 0.5) is 15.8 Å². The van der Waals surface area contributed by atoms with E-state index in [9.17, 15) is 9.18 Å². The van der Waals surface area contributed by atoms with Gasteiger partial charge in [-0.3, -0.25) is 4.79 Å². The lowest BCUT2D eigenvalue weighted by Crippen LogP contribution is -2.15. The highest BCUT2D eigenvalue weighted by Gasteiger charge is 2.13. The summed E-state index contributed by atoms with van der Waals surface area (Å²) in [5.74, 6) is 0.648. The molecule has 0 radical (unpaired) electrons. The van der Waals surface area contributed by atoms with Gasteiger partial charge in [0.25, 0.3) is 0 Å². The number of halogens is 1. The van der Waals surface area contributed by atoms with Crippen LogP contribution in [0.1, 0.15) is 23.9 Å². The van der Waals surface area contributed by atoms with Gasteiger partial charge in [-0.1, -0.05) is 29.5 Å². The molecule has 0 saturated carbocycles. The van der Waals surface area contributed by atoms with Crippen molar-refractivity contribution in [2.24, 2.45) is 0 Å².